The molecule has 1 aliphatic heterocycles. The molecule has 36 heavy (non-hydrogen) atoms. The van der Waals surface area contributed by atoms with Gasteiger partial charge in [-0.15, -0.1) is 11.3 Å². The molecule has 5 rings (SSSR count). The van der Waals surface area contributed by atoms with Gasteiger partial charge in [0.15, 0.2) is 0 Å². The molecule has 1 saturated heterocycles. The summed E-state index contributed by atoms with van der Waals surface area (Å²) in [7, 11) is -0.590. The van der Waals surface area contributed by atoms with Crippen LogP contribution in [0.5, 0.6) is 0 Å². The first-order valence-electron chi connectivity index (χ1n) is 12.2. The fourth-order valence-corrected chi connectivity index (χ4v) is 5.37. The number of aromatic nitrogens is 1. The Kier molecular flexibility index (Phi) is 6.53. The molecule has 2 heterocycles. The number of hydrogen-bond acceptors (Lipinski definition) is 6. The van der Waals surface area contributed by atoms with Crippen molar-refractivity contribution in [2.75, 3.05) is 13.2 Å². The average molecular weight is 502 g/mol. The molecule has 1 amide bonds. The van der Waals surface area contributed by atoms with E-state index in [0.717, 1.165) is 15.4 Å². The van der Waals surface area contributed by atoms with E-state index in [9.17, 15) is 4.79 Å². The number of thiazole rings is 1. The average Bonchev–Trinajstić information content (AvgIpc) is 3.46. The van der Waals surface area contributed by atoms with Gasteiger partial charge >= 0.3 is 13.2 Å². The van der Waals surface area contributed by atoms with E-state index >= 15 is 0 Å². The van der Waals surface area contributed by atoms with E-state index in [0.29, 0.717) is 0 Å². The lowest BCUT2D eigenvalue weighted by Crippen LogP contribution is -2.41. The van der Waals surface area contributed by atoms with Crippen molar-refractivity contribution in [1.29, 1.82) is 0 Å². The lowest BCUT2D eigenvalue weighted by atomic mass is 9.77. The number of ether oxygens (including phenoxy) is 1. The molecule has 0 spiro atoms. The summed E-state index contributed by atoms with van der Waals surface area (Å²) in [5.41, 5.74) is 4.58. The van der Waals surface area contributed by atoms with Crippen LogP contribution in [0.1, 0.15) is 54.6 Å². The number of fused-ring (bicyclic) bond motifs is 3. The minimum Gasteiger partial charge on any atom is -0.449 e. The van der Waals surface area contributed by atoms with Crippen molar-refractivity contribution in [3.05, 3.63) is 81.2 Å². The molecule has 1 aromatic heterocycles. The van der Waals surface area contributed by atoms with E-state index in [1.165, 1.54) is 22.3 Å². The Labute approximate surface area is 216 Å². The summed E-state index contributed by atoms with van der Waals surface area (Å²) in [5, 5.41) is 3.74. The van der Waals surface area contributed by atoms with Crippen molar-refractivity contribution >= 4 is 30.6 Å². The summed E-state index contributed by atoms with van der Waals surface area (Å²) in [6, 6.07) is 16.6. The largest absolute Gasteiger partial charge is 0.492 e. The quantitative estimate of drug-likeness (QED) is 0.419. The van der Waals surface area contributed by atoms with E-state index in [2.05, 4.69) is 34.6 Å². The monoisotopic (exact) mass is 502 g/mol. The summed E-state index contributed by atoms with van der Waals surface area (Å²) in [6.45, 7) is 10.5. The van der Waals surface area contributed by atoms with Crippen LogP contribution in [0.3, 0.4) is 0 Å². The van der Waals surface area contributed by atoms with Gasteiger partial charge in [0.25, 0.3) is 0 Å². The van der Waals surface area contributed by atoms with Crippen molar-refractivity contribution in [3.63, 3.8) is 0 Å². The lowest BCUT2D eigenvalue weighted by molar-refractivity contribution is 0.00578. The van der Waals surface area contributed by atoms with Crippen molar-refractivity contribution in [1.82, 2.24) is 10.3 Å². The van der Waals surface area contributed by atoms with Crippen LogP contribution in [0, 0.1) is 6.92 Å². The molecule has 1 fully saturated rings. The number of aryl methyl sites for hydroxylation is 1. The predicted octanol–water partition coefficient (Wildman–Crippen LogP) is 6.01. The molecular formula is C28H31BN2O4S. The zero-order chi connectivity index (χ0) is 25.5. The van der Waals surface area contributed by atoms with E-state index in [-0.39, 0.29) is 19.1 Å². The highest BCUT2D eigenvalue weighted by Crippen LogP contribution is 2.44. The molecule has 0 radical (unpaired) electrons. The second kappa shape index (κ2) is 9.50. The third kappa shape index (κ3) is 4.73. The number of carbonyl (C=O) groups excluding carboxylic acids is 1. The normalized spacial score (nSPS) is 18.1. The van der Waals surface area contributed by atoms with E-state index in [1.807, 2.05) is 71.2 Å². The van der Waals surface area contributed by atoms with Crippen LogP contribution in [0.2, 0.25) is 0 Å². The maximum Gasteiger partial charge on any atom is 0.492 e. The molecule has 0 saturated carbocycles. The van der Waals surface area contributed by atoms with E-state index < -0.39 is 24.4 Å². The van der Waals surface area contributed by atoms with Crippen molar-refractivity contribution in [2.24, 2.45) is 0 Å². The molecule has 2 aromatic carbocycles. The smallest absolute Gasteiger partial charge is 0.449 e. The van der Waals surface area contributed by atoms with Gasteiger partial charge in [-0.25, -0.2) is 9.78 Å². The number of carbonyl (C=O) groups is 1. The Morgan fingerprint density at radius 2 is 1.64 bits per heavy atom. The molecule has 186 valence electrons. The Hall–Kier alpha value is -2.94. The SMILES string of the molecule is Cc1cnc(C=C(CNC(=O)OCC2c3ccccc3-c3ccccc32)B2OC(C)(C)C(C)(C)O2)s1. The van der Waals surface area contributed by atoms with Crippen molar-refractivity contribution in [2.45, 2.75) is 51.7 Å². The van der Waals surface area contributed by atoms with Crippen molar-refractivity contribution in [3.8, 4) is 11.1 Å². The number of rotatable bonds is 6. The molecule has 0 unspecified atom stereocenters. The third-order valence-corrected chi connectivity index (χ3v) is 8.14. The van der Waals surface area contributed by atoms with Crippen molar-refractivity contribution < 1.29 is 18.8 Å². The zero-order valence-corrected chi connectivity index (χ0v) is 22.1. The molecule has 8 heteroatoms. The second-order valence-electron chi connectivity index (χ2n) is 10.3. The first-order valence-corrected chi connectivity index (χ1v) is 13.0. The topological polar surface area (TPSA) is 69.7 Å². The Morgan fingerprint density at radius 3 is 2.19 bits per heavy atom. The first-order chi connectivity index (χ1) is 17.1. The van der Waals surface area contributed by atoms with Crippen LogP contribution in [0.15, 0.2) is 60.2 Å². The van der Waals surface area contributed by atoms with Gasteiger partial charge in [0.1, 0.15) is 11.6 Å². The molecule has 0 atom stereocenters. The minimum atomic E-state index is -0.590. The number of nitrogens with zero attached hydrogens (tertiary/aromatic N) is 1. The second-order valence-corrected chi connectivity index (χ2v) is 11.6. The van der Waals surface area contributed by atoms with E-state index in [1.54, 1.807) is 11.3 Å². The maximum atomic E-state index is 12.8. The lowest BCUT2D eigenvalue weighted by Gasteiger charge is -2.32. The van der Waals surface area contributed by atoms with Crippen LogP contribution in [-0.2, 0) is 14.0 Å². The zero-order valence-electron chi connectivity index (χ0n) is 21.3. The third-order valence-electron chi connectivity index (χ3n) is 7.28. The summed E-state index contributed by atoms with van der Waals surface area (Å²) < 4.78 is 18.2. The first kappa shape index (κ1) is 24.7. The fourth-order valence-electron chi connectivity index (χ4n) is 4.62. The van der Waals surface area contributed by atoms with E-state index in [4.69, 9.17) is 14.0 Å². The van der Waals surface area contributed by atoms with Crippen LogP contribution in [-0.4, -0.2) is 42.5 Å². The standard InChI is InChI=1S/C28H31BN2O4S/c1-18-15-30-25(36-18)14-19(29-34-27(2,3)28(4,5)35-29)16-31-26(32)33-17-24-22-12-8-6-10-20(22)21-11-7-9-13-23(21)24/h6-15,24H,16-17H2,1-5H3,(H,31,32). The van der Waals surface area contributed by atoms with Crippen LogP contribution < -0.4 is 5.32 Å². The Morgan fingerprint density at radius 1 is 1.06 bits per heavy atom. The summed E-state index contributed by atoms with van der Waals surface area (Å²) >= 11 is 1.58. The molecule has 1 aliphatic carbocycles. The summed E-state index contributed by atoms with van der Waals surface area (Å²) in [6.07, 6.45) is 3.29. The van der Waals surface area contributed by atoms with Crippen LogP contribution >= 0.6 is 11.3 Å². The Balaban J connectivity index is 1.28. The highest BCUT2D eigenvalue weighted by atomic mass is 32.1. The van der Waals surface area contributed by atoms with Gasteiger partial charge in [0.05, 0.1) is 11.2 Å². The number of amides is 1. The van der Waals surface area contributed by atoms with Gasteiger partial charge < -0.3 is 19.4 Å². The molecule has 0 bridgehead atoms. The highest BCUT2D eigenvalue weighted by molar-refractivity contribution is 7.12. The molecule has 1 N–H and O–H groups in total. The maximum absolute atomic E-state index is 12.8. The number of benzene rings is 2. The van der Waals surface area contributed by atoms with Gasteiger partial charge in [0, 0.05) is 23.5 Å². The molecule has 3 aromatic rings. The van der Waals surface area contributed by atoms with Crippen LogP contribution in [0.25, 0.3) is 17.2 Å². The number of nitrogens with one attached hydrogen (secondary N) is 1. The minimum absolute atomic E-state index is 0.0135. The fraction of sp³-hybridized carbons (Fsp3) is 0.357. The Bertz CT molecular complexity index is 1250. The molecule has 6 nitrogen and oxygen atoms in total. The van der Waals surface area contributed by atoms with Gasteiger partial charge in [-0.1, -0.05) is 48.5 Å². The number of hydrogen-bond donors (Lipinski definition) is 1. The highest BCUT2D eigenvalue weighted by Gasteiger charge is 2.52. The molecular weight excluding hydrogens is 471 g/mol. The summed E-state index contributed by atoms with van der Waals surface area (Å²) in [4.78, 5) is 18.4. The van der Waals surface area contributed by atoms with Gasteiger partial charge in [-0.3, -0.25) is 0 Å². The van der Waals surface area contributed by atoms with Crippen LogP contribution in [0.4, 0.5) is 4.79 Å². The molecule has 2 aliphatic rings. The summed E-state index contributed by atoms with van der Waals surface area (Å²) in [5.74, 6) is 0.0135. The predicted molar refractivity (Wildman–Crippen MR) is 144 cm³/mol. The van der Waals surface area contributed by atoms with Gasteiger partial charge in [-0.2, -0.15) is 0 Å². The van der Waals surface area contributed by atoms with Gasteiger partial charge in [0.2, 0.25) is 0 Å². The number of alkyl carbamates (subject to hydrolysis) is 1. The van der Waals surface area contributed by atoms with Gasteiger partial charge in [-0.05, 0) is 68.4 Å².